The molecule has 3 unspecified atom stereocenters. The van der Waals surface area contributed by atoms with E-state index < -0.39 is 7.92 Å². The van der Waals surface area contributed by atoms with Crippen molar-refractivity contribution in [3.8, 4) is 0 Å². The van der Waals surface area contributed by atoms with Gasteiger partial charge in [0.1, 0.15) is 0 Å². The molecular weight excluding hydrogens is 223 g/mol. The molecule has 0 aromatic rings. The van der Waals surface area contributed by atoms with Gasteiger partial charge < -0.3 is 14.2 Å². The fraction of sp³-hybridized carbons (Fsp3) is 1.00. The first-order valence-electron chi connectivity index (χ1n) is 6.05. The van der Waals surface area contributed by atoms with Crippen molar-refractivity contribution in [1.29, 1.82) is 0 Å². The summed E-state index contributed by atoms with van der Waals surface area (Å²) in [6, 6.07) is 0. The minimum atomic E-state index is -0.418. The Labute approximate surface area is 102 Å². The molecule has 0 amide bonds. The van der Waals surface area contributed by atoms with Gasteiger partial charge >= 0.3 is 0 Å². The molecule has 0 spiro atoms. The lowest BCUT2D eigenvalue weighted by atomic mass is 10.5. The molecule has 0 rings (SSSR count). The van der Waals surface area contributed by atoms with Crippen molar-refractivity contribution < 1.29 is 14.2 Å². The van der Waals surface area contributed by atoms with E-state index in [0.29, 0.717) is 0 Å². The number of ether oxygens (including phenoxy) is 3. The molecule has 0 aliphatic carbocycles. The van der Waals surface area contributed by atoms with E-state index in [2.05, 4.69) is 20.8 Å². The zero-order chi connectivity index (χ0) is 12.6. The standard InChI is InChI=1S/C12H27O3P/c1-7-10(13-4)16(11(8-2)14-5)12(9-3)15-6/h10-12H,7-9H2,1-6H3. The highest BCUT2D eigenvalue weighted by molar-refractivity contribution is 7.59. The number of hydrogen-bond acceptors (Lipinski definition) is 3. The quantitative estimate of drug-likeness (QED) is 0.585. The van der Waals surface area contributed by atoms with Crippen molar-refractivity contribution in [2.75, 3.05) is 21.3 Å². The van der Waals surface area contributed by atoms with Gasteiger partial charge in [-0.05, 0) is 27.2 Å². The number of methoxy groups -OCH3 is 3. The molecule has 0 aliphatic heterocycles. The molecule has 16 heavy (non-hydrogen) atoms. The van der Waals surface area contributed by atoms with Gasteiger partial charge in [-0.15, -0.1) is 0 Å². The Kier molecular flexibility index (Phi) is 9.53. The molecule has 0 aromatic carbocycles. The second-order valence-electron chi connectivity index (χ2n) is 3.74. The Morgan fingerprint density at radius 3 is 1.06 bits per heavy atom. The second kappa shape index (κ2) is 9.35. The van der Waals surface area contributed by atoms with Gasteiger partial charge in [0.05, 0.1) is 17.5 Å². The molecule has 0 saturated carbocycles. The Balaban J connectivity index is 4.84. The average Bonchev–Trinajstić information content (AvgIpc) is 2.33. The first kappa shape index (κ1) is 16.3. The lowest BCUT2D eigenvalue weighted by Crippen LogP contribution is -2.26. The van der Waals surface area contributed by atoms with Crippen LogP contribution in [0.25, 0.3) is 0 Å². The summed E-state index contributed by atoms with van der Waals surface area (Å²) in [6.07, 6.45) is 3.05. The van der Waals surface area contributed by atoms with Crippen molar-refractivity contribution in [3.63, 3.8) is 0 Å². The van der Waals surface area contributed by atoms with Crippen LogP contribution >= 0.6 is 7.92 Å². The molecule has 0 heterocycles. The maximum atomic E-state index is 5.60. The second-order valence-corrected chi connectivity index (χ2v) is 6.37. The molecule has 4 heteroatoms. The predicted molar refractivity (Wildman–Crippen MR) is 70.2 cm³/mol. The number of rotatable bonds is 9. The first-order chi connectivity index (χ1) is 7.69. The van der Waals surface area contributed by atoms with Crippen molar-refractivity contribution in [1.82, 2.24) is 0 Å². The third kappa shape index (κ3) is 4.29. The Morgan fingerprint density at radius 2 is 0.938 bits per heavy atom. The Bertz CT molecular complexity index is 126. The summed E-state index contributed by atoms with van der Waals surface area (Å²) < 4.78 is 16.8. The van der Waals surface area contributed by atoms with Crippen LogP contribution in [0.2, 0.25) is 0 Å². The van der Waals surface area contributed by atoms with Gasteiger partial charge in [-0.2, -0.15) is 0 Å². The minimum Gasteiger partial charge on any atom is -0.377 e. The molecule has 0 aromatic heterocycles. The SMILES string of the molecule is CCC(OC)P(C(CC)OC)C(CC)OC. The van der Waals surface area contributed by atoms with E-state index in [1.165, 1.54) is 0 Å². The van der Waals surface area contributed by atoms with Gasteiger partial charge in [-0.3, -0.25) is 0 Å². The molecule has 98 valence electrons. The molecule has 3 atom stereocenters. The van der Waals surface area contributed by atoms with Crippen LogP contribution in [0, 0.1) is 0 Å². The van der Waals surface area contributed by atoms with E-state index in [-0.39, 0.29) is 17.5 Å². The largest absolute Gasteiger partial charge is 0.377 e. The van der Waals surface area contributed by atoms with Crippen molar-refractivity contribution in [2.45, 2.75) is 57.6 Å². The van der Waals surface area contributed by atoms with Crippen LogP contribution in [-0.4, -0.2) is 38.9 Å². The highest BCUT2D eigenvalue weighted by Gasteiger charge is 2.33. The normalized spacial score (nSPS) is 19.1. The van der Waals surface area contributed by atoms with Crippen LogP contribution in [0.4, 0.5) is 0 Å². The van der Waals surface area contributed by atoms with E-state index in [4.69, 9.17) is 14.2 Å². The molecule has 0 saturated heterocycles. The molecule has 3 nitrogen and oxygen atoms in total. The molecule has 0 aliphatic rings. The zero-order valence-corrected chi connectivity index (χ0v) is 12.4. The van der Waals surface area contributed by atoms with Gasteiger partial charge in [0.15, 0.2) is 0 Å². The minimum absolute atomic E-state index is 0.268. The van der Waals surface area contributed by atoms with Crippen LogP contribution in [-0.2, 0) is 14.2 Å². The molecule has 0 N–H and O–H groups in total. The van der Waals surface area contributed by atoms with Crippen LogP contribution in [0.3, 0.4) is 0 Å². The Hall–Kier alpha value is 0.310. The van der Waals surface area contributed by atoms with E-state index in [1.807, 2.05) is 0 Å². The third-order valence-electron chi connectivity index (χ3n) is 2.86. The zero-order valence-electron chi connectivity index (χ0n) is 11.5. The first-order valence-corrected chi connectivity index (χ1v) is 7.60. The smallest absolute Gasteiger partial charge is 0.0809 e. The van der Waals surface area contributed by atoms with Crippen LogP contribution in [0.15, 0.2) is 0 Å². The van der Waals surface area contributed by atoms with Crippen LogP contribution in [0.5, 0.6) is 0 Å². The third-order valence-corrected chi connectivity index (χ3v) is 6.58. The van der Waals surface area contributed by atoms with Crippen LogP contribution < -0.4 is 0 Å². The monoisotopic (exact) mass is 250 g/mol. The maximum absolute atomic E-state index is 5.60. The van der Waals surface area contributed by atoms with Gasteiger partial charge in [0.25, 0.3) is 0 Å². The summed E-state index contributed by atoms with van der Waals surface area (Å²) >= 11 is 0. The summed E-state index contributed by atoms with van der Waals surface area (Å²) in [4.78, 5) is 0. The fourth-order valence-corrected chi connectivity index (χ4v) is 5.16. The summed E-state index contributed by atoms with van der Waals surface area (Å²) in [6.45, 7) is 6.48. The van der Waals surface area contributed by atoms with Gasteiger partial charge in [-0.25, -0.2) is 0 Å². The van der Waals surface area contributed by atoms with Crippen molar-refractivity contribution >= 4 is 7.92 Å². The lowest BCUT2D eigenvalue weighted by molar-refractivity contribution is 0.110. The van der Waals surface area contributed by atoms with Gasteiger partial charge in [0, 0.05) is 21.3 Å². The summed E-state index contributed by atoms with van der Waals surface area (Å²) in [5.74, 6) is 0.805. The summed E-state index contributed by atoms with van der Waals surface area (Å²) in [5, 5.41) is 0. The van der Waals surface area contributed by atoms with E-state index in [0.717, 1.165) is 19.3 Å². The fourth-order valence-electron chi connectivity index (χ4n) is 2.05. The molecular formula is C12H27O3P. The molecule has 0 bridgehead atoms. The summed E-state index contributed by atoms with van der Waals surface area (Å²) in [5.41, 5.74) is 0. The highest BCUT2D eigenvalue weighted by Crippen LogP contribution is 2.54. The van der Waals surface area contributed by atoms with Gasteiger partial charge in [0.2, 0.25) is 0 Å². The van der Waals surface area contributed by atoms with Crippen molar-refractivity contribution in [3.05, 3.63) is 0 Å². The molecule has 0 radical (unpaired) electrons. The maximum Gasteiger partial charge on any atom is 0.0809 e. The summed E-state index contributed by atoms with van der Waals surface area (Å²) in [7, 11) is 4.94. The topological polar surface area (TPSA) is 27.7 Å². The highest BCUT2D eigenvalue weighted by atomic mass is 31.1. The van der Waals surface area contributed by atoms with E-state index in [1.54, 1.807) is 21.3 Å². The lowest BCUT2D eigenvalue weighted by Gasteiger charge is -2.36. The van der Waals surface area contributed by atoms with Crippen LogP contribution in [0.1, 0.15) is 40.0 Å². The Morgan fingerprint density at radius 1 is 0.688 bits per heavy atom. The van der Waals surface area contributed by atoms with Crippen molar-refractivity contribution in [2.24, 2.45) is 0 Å². The number of hydrogen-bond donors (Lipinski definition) is 0. The average molecular weight is 250 g/mol. The van der Waals surface area contributed by atoms with E-state index in [9.17, 15) is 0 Å². The van der Waals surface area contributed by atoms with E-state index >= 15 is 0 Å². The van der Waals surface area contributed by atoms with Gasteiger partial charge in [-0.1, -0.05) is 20.8 Å². The molecule has 0 fully saturated rings. The predicted octanol–water partition coefficient (Wildman–Crippen LogP) is 3.62.